The number of aromatic amines is 1. The first-order valence-corrected chi connectivity index (χ1v) is 7.80. The van der Waals surface area contributed by atoms with E-state index < -0.39 is 5.91 Å². The van der Waals surface area contributed by atoms with Gasteiger partial charge in [-0.25, -0.2) is 4.98 Å². The first-order chi connectivity index (χ1) is 12.7. The molecule has 0 saturated heterocycles. The molecule has 2 N–H and O–H groups in total. The number of methoxy groups -OCH3 is 1. The van der Waals surface area contributed by atoms with Crippen molar-refractivity contribution in [2.24, 2.45) is 7.05 Å². The van der Waals surface area contributed by atoms with Gasteiger partial charge in [0.15, 0.2) is 5.69 Å². The summed E-state index contributed by atoms with van der Waals surface area (Å²) in [5.74, 6) is 0.518. The third-order valence-corrected chi connectivity index (χ3v) is 3.88. The van der Waals surface area contributed by atoms with E-state index in [9.17, 15) is 4.79 Å². The number of hydrogen-bond acceptors (Lipinski definition) is 6. The molecule has 9 nitrogen and oxygen atoms in total. The number of aromatic nitrogens is 6. The summed E-state index contributed by atoms with van der Waals surface area (Å²) in [5.41, 5.74) is 3.35. The Hall–Kier alpha value is -3.75. The van der Waals surface area contributed by atoms with Gasteiger partial charge in [0.2, 0.25) is 5.95 Å². The summed E-state index contributed by atoms with van der Waals surface area (Å²) in [6, 6.07) is 6.97. The normalized spacial score (nSPS) is 10.8. The second-order valence-corrected chi connectivity index (χ2v) is 5.59. The van der Waals surface area contributed by atoms with Crippen molar-refractivity contribution in [2.45, 2.75) is 0 Å². The SMILES string of the molecule is COc1ccc(-c2cnn(C)c2)c2nc(NC(=O)c3cccnn3)[nH]c12. The van der Waals surface area contributed by atoms with Crippen LogP contribution in [0.3, 0.4) is 0 Å². The van der Waals surface area contributed by atoms with E-state index in [4.69, 9.17) is 4.74 Å². The third-order valence-electron chi connectivity index (χ3n) is 3.88. The predicted molar refractivity (Wildman–Crippen MR) is 94.8 cm³/mol. The molecule has 4 aromatic rings. The number of nitrogens with one attached hydrogen (secondary N) is 2. The van der Waals surface area contributed by atoms with Crippen molar-refractivity contribution in [3.63, 3.8) is 0 Å². The summed E-state index contributed by atoms with van der Waals surface area (Å²) in [5, 5.41) is 14.4. The molecule has 0 saturated carbocycles. The molecular formula is C17H15N7O2. The Bertz CT molecular complexity index is 1090. The molecule has 9 heteroatoms. The lowest BCUT2D eigenvalue weighted by Gasteiger charge is -2.04. The molecule has 0 atom stereocenters. The van der Waals surface area contributed by atoms with Crippen LogP contribution in [0.15, 0.2) is 42.9 Å². The quantitative estimate of drug-likeness (QED) is 0.583. The largest absolute Gasteiger partial charge is 0.494 e. The number of benzene rings is 1. The summed E-state index contributed by atoms with van der Waals surface area (Å²) in [7, 11) is 3.43. The van der Waals surface area contributed by atoms with Crippen molar-refractivity contribution in [2.75, 3.05) is 12.4 Å². The lowest BCUT2D eigenvalue weighted by molar-refractivity contribution is 0.102. The molecular weight excluding hydrogens is 334 g/mol. The minimum Gasteiger partial charge on any atom is -0.494 e. The van der Waals surface area contributed by atoms with Gasteiger partial charge in [0.1, 0.15) is 16.8 Å². The lowest BCUT2D eigenvalue weighted by Crippen LogP contribution is -2.14. The summed E-state index contributed by atoms with van der Waals surface area (Å²) in [6.07, 6.45) is 5.16. The number of imidazole rings is 1. The number of H-pyrrole nitrogens is 1. The Morgan fingerprint density at radius 1 is 1.31 bits per heavy atom. The van der Waals surface area contributed by atoms with Gasteiger partial charge in [-0.2, -0.15) is 10.2 Å². The second-order valence-electron chi connectivity index (χ2n) is 5.59. The topological polar surface area (TPSA) is 111 Å². The van der Waals surface area contributed by atoms with Crippen molar-refractivity contribution in [3.8, 4) is 16.9 Å². The standard InChI is InChI=1S/C17H15N7O2/c1-24-9-10(8-19-24)11-5-6-13(26-2)15-14(11)20-17(21-15)22-16(25)12-4-3-7-18-23-12/h3-9H,1-2H3,(H2,20,21,22,25). The Balaban J connectivity index is 1.77. The number of hydrogen-bond donors (Lipinski definition) is 2. The van der Waals surface area contributed by atoms with Crippen molar-refractivity contribution >= 4 is 22.9 Å². The number of rotatable bonds is 4. The maximum Gasteiger partial charge on any atom is 0.278 e. The fourth-order valence-electron chi connectivity index (χ4n) is 2.68. The third kappa shape index (κ3) is 2.75. The van der Waals surface area contributed by atoms with E-state index in [2.05, 4.69) is 30.6 Å². The highest BCUT2D eigenvalue weighted by atomic mass is 16.5. The molecule has 3 heterocycles. The van der Waals surface area contributed by atoms with Gasteiger partial charge in [0.25, 0.3) is 5.91 Å². The average molecular weight is 349 g/mol. The number of carbonyl (C=O) groups excluding carboxylic acids is 1. The van der Waals surface area contributed by atoms with E-state index in [1.165, 1.54) is 6.20 Å². The number of ether oxygens (including phenoxy) is 1. The molecule has 26 heavy (non-hydrogen) atoms. The van der Waals surface area contributed by atoms with Gasteiger partial charge in [0, 0.05) is 30.6 Å². The number of nitrogens with zero attached hydrogens (tertiary/aromatic N) is 5. The van der Waals surface area contributed by atoms with Crippen LogP contribution < -0.4 is 10.1 Å². The van der Waals surface area contributed by atoms with Crippen LogP contribution in [-0.2, 0) is 7.05 Å². The smallest absolute Gasteiger partial charge is 0.278 e. The fraction of sp³-hybridized carbons (Fsp3) is 0.118. The van der Waals surface area contributed by atoms with Crippen LogP contribution in [0.2, 0.25) is 0 Å². The van der Waals surface area contributed by atoms with Crippen LogP contribution in [0.4, 0.5) is 5.95 Å². The molecule has 0 aliphatic heterocycles. The summed E-state index contributed by atoms with van der Waals surface area (Å²) in [6.45, 7) is 0. The molecule has 0 radical (unpaired) electrons. The minimum absolute atomic E-state index is 0.201. The summed E-state index contributed by atoms with van der Waals surface area (Å²) < 4.78 is 7.12. The monoisotopic (exact) mass is 349 g/mol. The number of anilines is 1. The van der Waals surface area contributed by atoms with Gasteiger partial charge in [-0.05, 0) is 24.3 Å². The van der Waals surface area contributed by atoms with E-state index in [0.717, 1.165) is 11.1 Å². The Kier molecular flexibility index (Phi) is 3.81. The molecule has 130 valence electrons. The summed E-state index contributed by atoms with van der Waals surface area (Å²) >= 11 is 0. The van der Waals surface area contributed by atoms with Gasteiger partial charge < -0.3 is 9.72 Å². The van der Waals surface area contributed by atoms with Crippen molar-refractivity contribution < 1.29 is 9.53 Å². The van der Waals surface area contributed by atoms with Crippen LogP contribution in [0.1, 0.15) is 10.5 Å². The van der Waals surface area contributed by atoms with E-state index in [0.29, 0.717) is 22.7 Å². The van der Waals surface area contributed by atoms with Crippen LogP contribution in [-0.4, -0.2) is 43.0 Å². The van der Waals surface area contributed by atoms with E-state index >= 15 is 0 Å². The molecule has 0 unspecified atom stereocenters. The Morgan fingerprint density at radius 3 is 2.88 bits per heavy atom. The van der Waals surface area contributed by atoms with E-state index in [1.54, 1.807) is 30.1 Å². The first kappa shape index (κ1) is 15.8. The van der Waals surface area contributed by atoms with Crippen LogP contribution >= 0.6 is 0 Å². The minimum atomic E-state index is -0.404. The van der Waals surface area contributed by atoms with Crippen molar-refractivity contribution in [1.29, 1.82) is 0 Å². The second kappa shape index (κ2) is 6.28. The highest BCUT2D eigenvalue weighted by molar-refractivity contribution is 6.03. The zero-order valence-electron chi connectivity index (χ0n) is 14.1. The maximum atomic E-state index is 12.3. The molecule has 0 fully saturated rings. The van der Waals surface area contributed by atoms with Gasteiger partial charge in [0.05, 0.1) is 13.3 Å². The molecule has 3 aromatic heterocycles. The van der Waals surface area contributed by atoms with Gasteiger partial charge in [-0.1, -0.05) is 0 Å². The number of aryl methyl sites for hydroxylation is 1. The molecule has 1 aromatic carbocycles. The van der Waals surface area contributed by atoms with Crippen molar-refractivity contribution in [1.82, 2.24) is 29.9 Å². The highest BCUT2D eigenvalue weighted by Crippen LogP contribution is 2.33. The van der Waals surface area contributed by atoms with Gasteiger partial charge in [-0.3, -0.25) is 14.8 Å². The molecule has 0 aliphatic carbocycles. The zero-order chi connectivity index (χ0) is 18.1. The number of fused-ring (bicyclic) bond motifs is 1. The van der Waals surface area contributed by atoms with E-state index in [1.807, 2.05) is 25.4 Å². The van der Waals surface area contributed by atoms with Crippen LogP contribution in [0.5, 0.6) is 5.75 Å². The average Bonchev–Trinajstić information content (AvgIpc) is 3.27. The lowest BCUT2D eigenvalue weighted by atomic mass is 10.1. The van der Waals surface area contributed by atoms with Crippen molar-refractivity contribution in [3.05, 3.63) is 48.5 Å². The summed E-state index contributed by atoms with van der Waals surface area (Å²) in [4.78, 5) is 19.9. The van der Waals surface area contributed by atoms with Gasteiger partial charge in [-0.15, -0.1) is 5.10 Å². The highest BCUT2D eigenvalue weighted by Gasteiger charge is 2.16. The Labute approximate surface area is 148 Å². The van der Waals surface area contributed by atoms with Crippen LogP contribution in [0.25, 0.3) is 22.2 Å². The fourth-order valence-corrected chi connectivity index (χ4v) is 2.68. The maximum absolute atomic E-state index is 12.3. The predicted octanol–water partition coefficient (Wildman–Crippen LogP) is 2.01. The molecule has 0 spiro atoms. The molecule has 4 rings (SSSR count). The molecule has 1 amide bonds. The van der Waals surface area contributed by atoms with Gasteiger partial charge >= 0.3 is 0 Å². The number of carbonyl (C=O) groups is 1. The molecule has 0 aliphatic rings. The van der Waals surface area contributed by atoms with E-state index in [-0.39, 0.29) is 5.69 Å². The number of amides is 1. The zero-order valence-corrected chi connectivity index (χ0v) is 14.1. The first-order valence-electron chi connectivity index (χ1n) is 7.80. The van der Waals surface area contributed by atoms with Crippen LogP contribution in [0, 0.1) is 0 Å². The molecule has 0 bridgehead atoms. The Morgan fingerprint density at radius 2 is 2.19 bits per heavy atom.